The maximum atomic E-state index is 13.0. The number of imidazole rings is 1. The number of oxime groups is 1. The Kier molecular flexibility index (Phi) is 4.83. The Bertz CT molecular complexity index is 990. The topological polar surface area (TPSA) is 56.5 Å². The molecule has 0 amide bonds. The van der Waals surface area contributed by atoms with E-state index in [0.29, 0.717) is 29.3 Å². The van der Waals surface area contributed by atoms with Crippen LogP contribution in [0.2, 0.25) is 0 Å². The quantitative estimate of drug-likeness (QED) is 0.485. The van der Waals surface area contributed by atoms with Gasteiger partial charge in [-0.2, -0.15) is 0 Å². The van der Waals surface area contributed by atoms with Crippen molar-refractivity contribution in [3.63, 3.8) is 0 Å². The van der Waals surface area contributed by atoms with Crippen molar-refractivity contribution < 1.29 is 9.63 Å². The molecule has 5 nitrogen and oxygen atoms in total. The summed E-state index contributed by atoms with van der Waals surface area (Å²) in [5.74, 6) is -0.00351. The van der Waals surface area contributed by atoms with Crippen LogP contribution in [0.1, 0.15) is 52.6 Å². The third-order valence-electron chi connectivity index (χ3n) is 4.69. The molecular formula is C22H21N3O2. The molecule has 0 unspecified atom stereocenters. The number of hydrogen-bond acceptors (Lipinski definition) is 4. The van der Waals surface area contributed by atoms with Crippen molar-refractivity contribution in [3.8, 4) is 0 Å². The van der Waals surface area contributed by atoms with Gasteiger partial charge >= 0.3 is 0 Å². The number of benzene rings is 2. The summed E-state index contributed by atoms with van der Waals surface area (Å²) >= 11 is 0. The predicted octanol–water partition coefficient (Wildman–Crippen LogP) is 4.20. The molecule has 0 saturated heterocycles. The molecule has 0 N–H and O–H groups in total. The highest BCUT2D eigenvalue weighted by atomic mass is 16.6. The van der Waals surface area contributed by atoms with Gasteiger partial charge in [-0.15, -0.1) is 0 Å². The lowest BCUT2D eigenvalue weighted by Crippen LogP contribution is -2.24. The smallest absolute Gasteiger partial charge is 0.212 e. The molecule has 0 saturated carbocycles. The van der Waals surface area contributed by atoms with Crippen LogP contribution >= 0.6 is 0 Å². The first kappa shape index (κ1) is 17.2. The Morgan fingerprint density at radius 2 is 1.78 bits per heavy atom. The van der Waals surface area contributed by atoms with Gasteiger partial charge in [0.05, 0.1) is 6.33 Å². The third-order valence-corrected chi connectivity index (χ3v) is 4.69. The Hall–Kier alpha value is -3.21. The Labute approximate surface area is 158 Å². The molecule has 5 heteroatoms. The standard InChI is InChI=1S/C22H21N3O2/c1-2-3-13-25-15-23-20-19(24-27-14-16-9-5-4-6-10-16)17-11-7-8-12-18(17)22(26)21(20)25/h4-12,15H,2-3,13-14H2,1H3/b24-19-. The lowest BCUT2D eigenvalue weighted by atomic mass is 9.89. The van der Waals surface area contributed by atoms with Crippen molar-refractivity contribution in [3.05, 3.63) is 89.0 Å². The second-order valence-corrected chi connectivity index (χ2v) is 6.56. The molecule has 27 heavy (non-hydrogen) atoms. The van der Waals surface area contributed by atoms with Gasteiger partial charge < -0.3 is 9.40 Å². The van der Waals surface area contributed by atoms with Crippen molar-refractivity contribution in [1.29, 1.82) is 0 Å². The average molecular weight is 359 g/mol. The maximum absolute atomic E-state index is 13.0. The minimum Gasteiger partial charge on any atom is -0.390 e. The number of carbonyl (C=O) groups excluding carboxylic acids is 1. The fraction of sp³-hybridized carbons (Fsp3) is 0.227. The molecule has 0 atom stereocenters. The first-order valence-electron chi connectivity index (χ1n) is 9.23. The molecule has 0 fully saturated rings. The first-order valence-corrected chi connectivity index (χ1v) is 9.23. The molecule has 3 aromatic rings. The van der Waals surface area contributed by atoms with Crippen LogP contribution in [-0.2, 0) is 18.0 Å². The van der Waals surface area contributed by atoms with Crippen LogP contribution in [-0.4, -0.2) is 21.0 Å². The van der Waals surface area contributed by atoms with Crippen molar-refractivity contribution in [1.82, 2.24) is 9.55 Å². The van der Waals surface area contributed by atoms with Gasteiger partial charge in [-0.1, -0.05) is 73.1 Å². The van der Waals surface area contributed by atoms with E-state index >= 15 is 0 Å². The Morgan fingerprint density at radius 3 is 2.56 bits per heavy atom. The zero-order valence-electron chi connectivity index (χ0n) is 15.3. The predicted molar refractivity (Wildman–Crippen MR) is 104 cm³/mol. The molecule has 1 aromatic heterocycles. The van der Waals surface area contributed by atoms with Crippen molar-refractivity contribution in [2.75, 3.05) is 0 Å². The highest BCUT2D eigenvalue weighted by Gasteiger charge is 2.32. The van der Waals surface area contributed by atoms with Gasteiger partial charge in [-0.25, -0.2) is 4.98 Å². The zero-order valence-corrected chi connectivity index (χ0v) is 15.3. The molecule has 1 aliphatic carbocycles. The monoisotopic (exact) mass is 359 g/mol. The van der Waals surface area contributed by atoms with E-state index in [4.69, 9.17) is 4.84 Å². The first-order chi connectivity index (χ1) is 13.3. The van der Waals surface area contributed by atoms with Crippen molar-refractivity contribution in [2.24, 2.45) is 5.16 Å². The number of hydrogen-bond donors (Lipinski definition) is 0. The molecule has 1 heterocycles. The molecular weight excluding hydrogens is 338 g/mol. The van der Waals surface area contributed by atoms with Crippen molar-refractivity contribution >= 4 is 11.5 Å². The summed E-state index contributed by atoms with van der Waals surface area (Å²) < 4.78 is 1.93. The highest BCUT2D eigenvalue weighted by Crippen LogP contribution is 2.27. The summed E-state index contributed by atoms with van der Waals surface area (Å²) in [4.78, 5) is 23.2. The van der Waals surface area contributed by atoms with Gasteiger partial charge in [-0.3, -0.25) is 4.79 Å². The molecule has 1 aliphatic rings. The molecule has 4 rings (SSSR count). The third kappa shape index (κ3) is 3.28. The number of fused-ring (bicyclic) bond motifs is 2. The van der Waals surface area contributed by atoms with Gasteiger partial charge in [0.15, 0.2) is 0 Å². The van der Waals surface area contributed by atoms with Crippen LogP contribution in [0.4, 0.5) is 0 Å². The highest BCUT2D eigenvalue weighted by molar-refractivity contribution is 6.28. The van der Waals surface area contributed by atoms with E-state index in [0.717, 1.165) is 30.5 Å². The summed E-state index contributed by atoms with van der Waals surface area (Å²) in [6, 6.07) is 17.4. The second kappa shape index (κ2) is 7.58. The molecule has 0 aliphatic heterocycles. The van der Waals surface area contributed by atoms with Gasteiger partial charge in [0.25, 0.3) is 0 Å². The number of nitrogens with zero attached hydrogens (tertiary/aromatic N) is 3. The largest absolute Gasteiger partial charge is 0.390 e. The van der Waals surface area contributed by atoms with E-state index in [-0.39, 0.29) is 5.78 Å². The Balaban J connectivity index is 1.71. The van der Waals surface area contributed by atoms with E-state index in [1.165, 1.54) is 0 Å². The van der Waals surface area contributed by atoms with Gasteiger partial charge in [0.1, 0.15) is 23.7 Å². The van der Waals surface area contributed by atoms with Gasteiger partial charge in [0.2, 0.25) is 5.78 Å². The van der Waals surface area contributed by atoms with Crippen LogP contribution in [0.25, 0.3) is 0 Å². The summed E-state index contributed by atoms with van der Waals surface area (Å²) in [6.07, 6.45) is 3.78. The molecule has 2 aromatic carbocycles. The summed E-state index contributed by atoms with van der Waals surface area (Å²) in [6.45, 7) is 3.27. The molecule has 136 valence electrons. The van der Waals surface area contributed by atoms with E-state index in [1.807, 2.05) is 59.2 Å². The van der Waals surface area contributed by atoms with Gasteiger partial charge in [-0.05, 0) is 12.0 Å². The Morgan fingerprint density at radius 1 is 1.04 bits per heavy atom. The minimum absolute atomic E-state index is 0.00351. The minimum atomic E-state index is -0.00351. The van der Waals surface area contributed by atoms with Crippen LogP contribution in [0.5, 0.6) is 0 Å². The second-order valence-electron chi connectivity index (χ2n) is 6.56. The van der Waals surface area contributed by atoms with Crippen LogP contribution < -0.4 is 0 Å². The van der Waals surface area contributed by atoms with Crippen LogP contribution in [0.15, 0.2) is 66.1 Å². The number of carbonyl (C=O) groups is 1. The average Bonchev–Trinajstić information content (AvgIpc) is 3.14. The number of aromatic nitrogens is 2. The number of ketones is 1. The summed E-state index contributed by atoms with van der Waals surface area (Å²) in [7, 11) is 0. The SMILES string of the molecule is CCCCn1cnc2c1C(=O)c1ccccc1/C2=N/OCc1ccccc1. The fourth-order valence-electron chi connectivity index (χ4n) is 3.27. The number of unbranched alkanes of at least 4 members (excludes halogenated alkanes) is 1. The van der Waals surface area contributed by atoms with Crippen LogP contribution in [0.3, 0.4) is 0 Å². The summed E-state index contributed by atoms with van der Waals surface area (Å²) in [5.41, 5.74) is 4.27. The lowest BCUT2D eigenvalue weighted by molar-refractivity contribution is 0.102. The van der Waals surface area contributed by atoms with E-state index in [2.05, 4.69) is 17.1 Å². The van der Waals surface area contributed by atoms with Crippen molar-refractivity contribution in [2.45, 2.75) is 32.9 Å². The fourth-order valence-corrected chi connectivity index (χ4v) is 3.27. The summed E-state index contributed by atoms with van der Waals surface area (Å²) in [5, 5.41) is 4.38. The maximum Gasteiger partial charge on any atom is 0.212 e. The van der Waals surface area contributed by atoms with E-state index < -0.39 is 0 Å². The zero-order chi connectivity index (χ0) is 18.6. The molecule has 0 spiro atoms. The molecule has 0 radical (unpaired) electrons. The lowest BCUT2D eigenvalue weighted by Gasteiger charge is -2.18. The van der Waals surface area contributed by atoms with Crippen LogP contribution in [0, 0.1) is 0 Å². The van der Waals surface area contributed by atoms with Gasteiger partial charge in [0, 0.05) is 17.7 Å². The van der Waals surface area contributed by atoms with E-state index in [9.17, 15) is 4.79 Å². The number of aryl methyl sites for hydroxylation is 1. The molecule has 0 bridgehead atoms. The van der Waals surface area contributed by atoms with E-state index in [1.54, 1.807) is 6.33 Å². The number of rotatable bonds is 6. The normalized spacial score (nSPS) is 14.1.